The fraction of sp³-hybridized carbons (Fsp3) is 0.200. The van der Waals surface area contributed by atoms with Crippen LogP contribution in [0.1, 0.15) is 17.2 Å². The van der Waals surface area contributed by atoms with E-state index in [0.29, 0.717) is 5.56 Å². The number of hydrogen-bond acceptors (Lipinski definition) is 2. The lowest BCUT2D eigenvalue weighted by Gasteiger charge is -2.15. The highest BCUT2D eigenvalue weighted by atomic mass is 19.1. The summed E-state index contributed by atoms with van der Waals surface area (Å²) >= 11 is 0. The molecule has 2 aromatic carbocycles. The summed E-state index contributed by atoms with van der Waals surface area (Å²) in [6, 6.07) is 7.05. The molecule has 0 aromatic heterocycles. The Bertz CT molecular complexity index is 596. The second-order valence-electron chi connectivity index (χ2n) is 4.45. The molecule has 0 saturated carbocycles. The zero-order chi connectivity index (χ0) is 14.7. The molecule has 0 aliphatic carbocycles. The monoisotopic (exact) mass is 281 g/mol. The molecule has 2 nitrogen and oxygen atoms in total. The molecule has 20 heavy (non-hydrogen) atoms. The Morgan fingerprint density at radius 1 is 1.10 bits per heavy atom. The molecule has 2 aromatic rings. The molecule has 0 spiro atoms. The van der Waals surface area contributed by atoms with E-state index >= 15 is 0 Å². The summed E-state index contributed by atoms with van der Waals surface area (Å²) in [5.74, 6) is -1.83. The van der Waals surface area contributed by atoms with Gasteiger partial charge in [0.25, 0.3) is 0 Å². The van der Waals surface area contributed by atoms with Gasteiger partial charge in [-0.3, -0.25) is 0 Å². The summed E-state index contributed by atoms with van der Waals surface area (Å²) < 4.78 is 45.1. The molecule has 0 aliphatic heterocycles. The lowest BCUT2D eigenvalue weighted by atomic mass is 9.99. The van der Waals surface area contributed by atoms with Gasteiger partial charge in [-0.2, -0.15) is 0 Å². The van der Waals surface area contributed by atoms with E-state index in [4.69, 9.17) is 10.5 Å². The van der Waals surface area contributed by atoms with Crippen LogP contribution in [0.2, 0.25) is 0 Å². The smallest absolute Gasteiger partial charge is 0.169 e. The highest BCUT2D eigenvalue weighted by molar-refractivity contribution is 5.34. The van der Waals surface area contributed by atoms with Crippen molar-refractivity contribution in [2.24, 2.45) is 5.73 Å². The third kappa shape index (κ3) is 3.11. The average Bonchev–Trinajstić information content (AvgIpc) is 2.37. The minimum absolute atomic E-state index is 0.0865. The molecule has 5 heteroatoms. The van der Waals surface area contributed by atoms with Gasteiger partial charge in [0.1, 0.15) is 11.6 Å². The first-order valence-corrected chi connectivity index (χ1v) is 6.04. The number of ether oxygens (including phenoxy) is 1. The van der Waals surface area contributed by atoms with Crippen LogP contribution in [0.5, 0.6) is 5.75 Å². The van der Waals surface area contributed by atoms with E-state index in [1.54, 1.807) is 6.07 Å². The molecule has 0 radical (unpaired) electrons. The van der Waals surface area contributed by atoms with Crippen LogP contribution in [0, 0.1) is 17.5 Å². The Balaban J connectivity index is 2.26. The zero-order valence-electron chi connectivity index (χ0n) is 10.9. The van der Waals surface area contributed by atoms with Crippen molar-refractivity contribution >= 4 is 0 Å². The van der Waals surface area contributed by atoms with E-state index in [-0.39, 0.29) is 17.7 Å². The molecule has 106 valence electrons. The van der Waals surface area contributed by atoms with Gasteiger partial charge >= 0.3 is 0 Å². The van der Waals surface area contributed by atoms with Gasteiger partial charge in [0.15, 0.2) is 11.6 Å². The van der Waals surface area contributed by atoms with E-state index in [2.05, 4.69) is 0 Å². The lowest BCUT2D eigenvalue weighted by Crippen LogP contribution is -2.15. The second kappa shape index (κ2) is 5.96. The van der Waals surface area contributed by atoms with Gasteiger partial charge < -0.3 is 10.5 Å². The van der Waals surface area contributed by atoms with Gasteiger partial charge in [-0.25, -0.2) is 13.2 Å². The average molecular weight is 281 g/mol. The number of hydrogen-bond donors (Lipinski definition) is 1. The Morgan fingerprint density at radius 3 is 2.35 bits per heavy atom. The minimum atomic E-state index is -0.716. The molecule has 1 unspecified atom stereocenters. The highest BCUT2D eigenvalue weighted by Crippen LogP contribution is 2.26. The van der Waals surface area contributed by atoms with Crippen molar-refractivity contribution in [3.63, 3.8) is 0 Å². The maximum absolute atomic E-state index is 14.0. The largest absolute Gasteiger partial charge is 0.494 e. The third-order valence-electron chi connectivity index (χ3n) is 2.99. The van der Waals surface area contributed by atoms with Crippen LogP contribution in [-0.2, 0) is 6.42 Å². The maximum atomic E-state index is 14.0. The first-order chi connectivity index (χ1) is 9.51. The first kappa shape index (κ1) is 14.4. The molecular formula is C15H14F3NO. The van der Waals surface area contributed by atoms with E-state index in [9.17, 15) is 13.2 Å². The Hall–Kier alpha value is -2.01. The van der Waals surface area contributed by atoms with Crippen LogP contribution in [0.25, 0.3) is 0 Å². The molecule has 2 rings (SSSR count). The van der Waals surface area contributed by atoms with Gasteiger partial charge in [-0.1, -0.05) is 12.1 Å². The third-order valence-corrected chi connectivity index (χ3v) is 2.99. The molecular weight excluding hydrogens is 267 g/mol. The maximum Gasteiger partial charge on any atom is 0.169 e. The summed E-state index contributed by atoms with van der Waals surface area (Å²) in [6.07, 6.45) is 0.124. The number of methoxy groups -OCH3 is 1. The Labute approximate surface area is 115 Å². The van der Waals surface area contributed by atoms with E-state index in [0.717, 1.165) is 6.07 Å². The summed E-state index contributed by atoms with van der Waals surface area (Å²) in [7, 11) is 1.36. The van der Waals surface area contributed by atoms with E-state index in [1.807, 2.05) is 0 Å². The number of rotatable bonds is 4. The Kier molecular flexibility index (Phi) is 4.29. The van der Waals surface area contributed by atoms with E-state index in [1.165, 1.54) is 31.4 Å². The van der Waals surface area contributed by atoms with Crippen molar-refractivity contribution in [1.82, 2.24) is 0 Å². The quantitative estimate of drug-likeness (QED) is 0.932. The van der Waals surface area contributed by atoms with Crippen LogP contribution in [0.4, 0.5) is 13.2 Å². The SMILES string of the molecule is COc1cccc(C(N)Cc2cc(F)cc(F)c2)c1F. The number of benzene rings is 2. The summed E-state index contributed by atoms with van der Waals surface area (Å²) in [6.45, 7) is 0. The van der Waals surface area contributed by atoms with Crippen molar-refractivity contribution in [2.75, 3.05) is 7.11 Å². The normalized spacial score (nSPS) is 12.2. The van der Waals surface area contributed by atoms with Crippen LogP contribution in [0.15, 0.2) is 36.4 Å². The molecule has 1 atom stereocenters. The topological polar surface area (TPSA) is 35.2 Å². The first-order valence-electron chi connectivity index (χ1n) is 6.04. The van der Waals surface area contributed by atoms with Crippen LogP contribution in [0.3, 0.4) is 0 Å². The molecule has 0 aliphatic rings. The van der Waals surface area contributed by atoms with Crippen molar-refractivity contribution in [3.8, 4) is 5.75 Å². The predicted molar refractivity (Wildman–Crippen MR) is 69.9 cm³/mol. The predicted octanol–water partition coefficient (Wildman–Crippen LogP) is 3.36. The standard InChI is InChI=1S/C15H14F3NO/c1-20-14-4-2-3-12(15(14)18)13(19)7-9-5-10(16)8-11(17)6-9/h2-6,8,13H,7,19H2,1H3. The summed E-state index contributed by atoms with van der Waals surface area (Å²) in [5, 5.41) is 0. The summed E-state index contributed by atoms with van der Waals surface area (Å²) in [4.78, 5) is 0. The van der Waals surface area contributed by atoms with Crippen molar-refractivity contribution in [1.29, 1.82) is 0 Å². The van der Waals surface area contributed by atoms with Crippen molar-refractivity contribution < 1.29 is 17.9 Å². The Morgan fingerprint density at radius 2 is 1.75 bits per heavy atom. The van der Waals surface area contributed by atoms with Crippen molar-refractivity contribution in [2.45, 2.75) is 12.5 Å². The fourth-order valence-electron chi connectivity index (χ4n) is 2.06. The lowest BCUT2D eigenvalue weighted by molar-refractivity contribution is 0.382. The van der Waals surface area contributed by atoms with Gasteiger partial charge in [-0.15, -0.1) is 0 Å². The number of halogens is 3. The van der Waals surface area contributed by atoms with Crippen LogP contribution < -0.4 is 10.5 Å². The van der Waals surface area contributed by atoms with Gasteiger partial charge in [-0.05, 0) is 30.2 Å². The fourth-order valence-corrected chi connectivity index (χ4v) is 2.06. The minimum Gasteiger partial charge on any atom is -0.494 e. The molecule has 0 amide bonds. The molecule has 2 N–H and O–H groups in total. The molecule has 0 heterocycles. The highest BCUT2D eigenvalue weighted by Gasteiger charge is 2.16. The van der Waals surface area contributed by atoms with Gasteiger partial charge in [0, 0.05) is 17.7 Å². The van der Waals surface area contributed by atoms with Crippen LogP contribution >= 0.6 is 0 Å². The van der Waals surface area contributed by atoms with Gasteiger partial charge in [0.05, 0.1) is 7.11 Å². The zero-order valence-corrected chi connectivity index (χ0v) is 10.9. The van der Waals surface area contributed by atoms with E-state index < -0.39 is 23.5 Å². The number of nitrogens with two attached hydrogens (primary N) is 1. The summed E-state index contributed by atoms with van der Waals surface area (Å²) in [5.41, 5.74) is 6.53. The van der Waals surface area contributed by atoms with Gasteiger partial charge in [0.2, 0.25) is 0 Å². The molecule has 0 saturated heterocycles. The van der Waals surface area contributed by atoms with Crippen LogP contribution in [-0.4, -0.2) is 7.11 Å². The second-order valence-corrected chi connectivity index (χ2v) is 4.45. The molecule has 0 bridgehead atoms. The molecule has 0 fully saturated rings. The van der Waals surface area contributed by atoms with Crippen molar-refractivity contribution in [3.05, 3.63) is 65.0 Å².